The van der Waals surface area contributed by atoms with Gasteiger partial charge in [0.1, 0.15) is 16.7 Å². The number of hydrogen-bond acceptors (Lipinski definition) is 9. The molecule has 3 aromatic rings. The third-order valence-electron chi connectivity index (χ3n) is 7.84. The Balaban J connectivity index is -0.000000146. The molecule has 3 heterocycles. The number of pyridine rings is 1. The molecule has 2 aliphatic rings. The van der Waals surface area contributed by atoms with E-state index in [1.54, 1.807) is 12.4 Å². The molecule has 1 aliphatic heterocycles. The average molecular weight is 981 g/mol. The number of rotatable bonds is 6. The van der Waals surface area contributed by atoms with Crippen LogP contribution in [0.4, 0.5) is 11.6 Å². The topological polar surface area (TPSA) is 168 Å². The first-order valence-corrected chi connectivity index (χ1v) is 19.8. The summed E-state index contributed by atoms with van der Waals surface area (Å²) in [5, 5.41) is 16.8. The highest BCUT2D eigenvalue weighted by molar-refractivity contribution is 14.1. The van der Waals surface area contributed by atoms with Gasteiger partial charge in [0.25, 0.3) is 0 Å². The molecule has 2 aromatic heterocycles. The Morgan fingerprint density at radius 1 is 0.787 bits per heavy atom. The lowest BCUT2D eigenvalue weighted by atomic mass is 9.73. The zero-order chi connectivity index (χ0) is 43.8. The number of nitrogen functional groups attached to an aromatic ring is 1. The number of fused-ring (bicyclic) bond motifs is 1. The highest BCUT2D eigenvalue weighted by Gasteiger charge is 2.45. The first-order chi connectivity index (χ1) is 29.9. The van der Waals surface area contributed by atoms with Crippen LogP contribution in [0.3, 0.4) is 0 Å². The first-order valence-electron chi connectivity index (χ1n) is 17.0. The van der Waals surface area contributed by atoms with Gasteiger partial charge in [0.2, 0.25) is 0 Å². The molecule has 0 amide bonds. The van der Waals surface area contributed by atoms with Gasteiger partial charge in [-0.05, 0) is 180 Å². The number of piperidine rings is 1. The van der Waals surface area contributed by atoms with Crippen LogP contribution in [-0.4, -0.2) is 32.3 Å². The molecule has 1 atom stereocenters. The molecule has 1 fully saturated rings. The second kappa shape index (κ2) is 28.8. The van der Waals surface area contributed by atoms with Gasteiger partial charge in [0.15, 0.2) is 0 Å². The first kappa shape index (κ1) is 47.8. The maximum absolute atomic E-state index is 6.68. The van der Waals surface area contributed by atoms with Gasteiger partial charge in [0, 0.05) is 68.2 Å². The lowest BCUT2D eigenvalue weighted by Gasteiger charge is -2.42. The molecule has 0 bridgehead atoms. The van der Waals surface area contributed by atoms with Gasteiger partial charge in [0.05, 0.1) is 34.1 Å². The quantitative estimate of drug-likeness (QED) is 0.0814. The summed E-state index contributed by atoms with van der Waals surface area (Å²) in [6.07, 6.45) is 18.3. The average Bonchev–Trinajstić information content (AvgIpc) is 3.55. The van der Waals surface area contributed by atoms with E-state index >= 15 is 0 Å². The summed E-state index contributed by atoms with van der Waals surface area (Å²) in [5.74, 6) is 49.4. The van der Waals surface area contributed by atoms with Crippen molar-refractivity contribution >= 4 is 74.2 Å². The number of nitrogens with two attached hydrogens (primary N) is 2. The van der Waals surface area contributed by atoms with E-state index < -0.39 is 0 Å². The molecule has 4 N–H and O–H groups in total. The maximum atomic E-state index is 6.68. The smallest absolute Gasteiger partial charge is 0.147 e. The molecule has 5 rings (SSSR count). The number of aromatic nitrogens is 3. The Kier molecular flexibility index (Phi) is 22.5. The molecule has 12 nitrogen and oxygen atoms in total. The number of benzene rings is 1. The summed E-state index contributed by atoms with van der Waals surface area (Å²) < 4.78 is 4.30. The van der Waals surface area contributed by atoms with Crippen LogP contribution in [0.2, 0.25) is 5.02 Å². The van der Waals surface area contributed by atoms with Crippen molar-refractivity contribution < 1.29 is 14.3 Å². The number of nitrogens with zero attached hydrogens (tertiary/aromatic N) is 10. The molecule has 1 saturated heterocycles. The van der Waals surface area contributed by atoms with Gasteiger partial charge in [-0.25, -0.2) is 15.0 Å². The van der Waals surface area contributed by atoms with Crippen molar-refractivity contribution in [2.24, 2.45) is 41.6 Å². The van der Waals surface area contributed by atoms with E-state index in [-0.39, 0.29) is 25.7 Å². The summed E-state index contributed by atoms with van der Waals surface area (Å²) in [7, 11) is 0. The van der Waals surface area contributed by atoms with Crippen LogP contribution in [0.5, 0.6) is 0 Å². The van der Waals surface area contributed by atoms with Crippen molar-refractivity contribution in [3.05, 3.63) is 65.1 Å². The summed E-state index contributed by atoms with van der Waals surface area (Å²) in [4.78, 5) is 16.3. The third-order valence-corrected chi connectivity index (χ3v) is 9.66. The SMILES string of the molecule is C#CC#CC#CC#CC#CC#CC#CC#CC#CC#CC#C.Nc1nccc(Sc2cnc(N3CCC4(CC3)Cc3ccccc3[C@@H]4N)cn2)c1Cl.S=N/N=N/N=N/N=C/I.[HH].[HH].[HH].[HH].[HH].[HH].[HH].[HH].[HH].[HH]. The van der Waals surface area contributed by atoms with E-state index in [0.717, 1.165) is 48.1 Å². The maximum Gasteiger partial charge on any atom is 0.147 e. The fourth-order valence-corrected chi connectivity index (χ4v) is 6.44. The summed E-state index contributed by atoms with van der Waals surface area (Å²) >= 11 is 13.6. The number of hydrogen-bond donors (Lipinski definition) is 2. The van der Waals surface area contributed by atoms with Gasteiger partial charge in [-0.15, -0.1) is 17.9 Å². The summed E-state index contributed by atoms with van der Waals surface area (Å²) in [5.41, 5.74) is 15.4. The minimum Gasteiger partial charge on any atom is -0.382 e. The van der Waals surface area contributed by atoms with Gasteiger partial charge in [-0.2, -0.15) is 0 Å². The van der Waals surface area contributed by atoms with E-state index in [9.17, 15) is 0 Å². The molecule has 312 valence electrons. The third kappa shape index (κ3) is 17.4. The fraction of sp³-hybridized carbons (Fsp3) is 0.156. The Bertz CT molecular complexity index is 2790. The molecule has 16 heteroatoms. The van der Waals surface area contributed by atoms with Crippen LogP contribution >= 0.6 is 46.0 Å². The highest BCUT2D eigenvalue weighted by atomic mass is 127. The van der Waals surface area contributed by atoms with Crippen molar-refractivity contribution in [3.63, 3.8) is 0 Å². The minimum absolute atomic E-state index is 0. The minimum atomic E-state index is 0. The van der Waals surface area contributed by atoms with Gasteiger partial charge >= 0.3 is 0 Å². The number of halogens is 2. The van der Waals surface area contributed by atoms with Gasteiger partial charge < -0.3 is 16.4 Å². The van der Waals surface area contributed by atoms with Crippen LogP contribution in [0, 0.1) is 137 Å². The zero-order valence-corrected chi connectivity index (χ0v) is 36.2. The summed E-state index contributed by atoms with van der Waals surface area (Å²) in [6.45, 7) is 1.88. The predicted molar refractivity (Wildman–Crippen MR) is 272 cm³/mol. The fourth-order valence-electron chi connectivity index (χ4n) is 5.31. The lowest BCUT2D eigenvalue weighted by Crippen LogP contribution is -2.44. The zero-order valence-electron chi connectivity index (χ0n) is 31.7. The molecule has 0 saturated carbocycles. The molecule has 1 aromatic carbocycles. The van der Waals surface area contributed by atoms with Gasteiger partial charge in [-0.1, -0.05) is 52.1 Å². The van der Waals surface area contributed by atoms with E-state index in [0.29, 0.717) is 10.8 Å². The molecular formula is C45H46ClIN12S2. The van der Waals surface area contributed by atoms with Crippen molar-refractivity contribution in [1.82, 2.24) is 15.0 Å². The van der Waals surface area contributed by atoms with Crippen LogP contribution in [-0.2, 0) is 18.8 Å². The predicted octanol–water partition coefficient (Wildman–Crippen LogP) is 8.67. The second-order valence-corrected chi connectivity index (χ2v) is 13.4. The van der Waals surface area contributed by atoms with Crippen LogP contribution in [0.15, 0.2) is 89.3 Å². The standard InChI is InChI=1S/C22H23ClN6S.C22H2.CHIN6S.10H2/c23-19-16(5-8-26-21(19)25)30-18-13-27-17(12-28-18)29-9-6-22(7-10-29)11-14-3-1-2-4-15(14)20(22)24;1-3-5-7-9-11-13-15-17-19-21-22-20-18-16-14-12-10-8-6-4-2;2-1-3-4-5-6-7-8-9;;;;;;;;;;/h1-5,8,12-13,20H,6-7,9-11,24H2,(H2,25,26);1-2H;1H;10*1H/b;;3-1+,5-4+,7-6+;;;;;;;;;;/t20-;;;;;;;;;;;;/m0............/s1. The van der Waals surface area contributed by atoms with Crippen LogP contribution < -0.4 is 16.4 Å². The van der Waals surface area contributed by atoms with E-state index in [2.05, 4.69) is 205 Å². The normalized spacial score (nSPS) is 12.9. The van der Waals surface area contributed by atoms with Crippen LogP contribution in [0.25, 0.3) is 0 Å². The Morgan fingerprint density at radius 3 is 1.82 bits per heavy atom. The molecular weight excluding hydrogens is 935 g/mol. The highest BCUT2D eigenvalue weighted by Crippen LogP contribution is 2.50. The van der Waals surface area contributed by atoms with E-state index in [1.807, 2.05) is 34.9 Å². The van der Waals surface area contributed by atoms with E-state index in [4.69, 9.17) is 35.9 Å². The Hall–Kier alpha value is -7.57. The Labute approximate surface area is 398 Å². The molecule has 0 radical (unpaired) electrons. The van der Waals surface area contributed by atoms with E-state index in [1.165, 1.54) is 27.1 Å². The van der Waals surface area contributed by atoms with Crippen molar-refractivity contribution in [2.45, 2.75) is 35.2 Å². The Morgan fingerprint density at radius 2 is 1.33 bits per heavy atom. The summed E-state index contributed by atoms with van der Waals surface area (Å²) in [6, 6.07) is 10.6. The number of anilines is 2. The molecule has 1 spiro atoms. The van der Waals surface area contributed by atoms with Crippen LogP contribution in [0.1, 0.15) is 44.3 Å². The largest absolute Gasteiger partial charge is 0.382 e. The monoisotopic (exact) mass is 980 g/mol. The van der Waals surface area contributed by atoms with Crippen molar-refractivity contribution in [1.29, 1.82) is 0 Å². The van der Waals surface area contributed by atoms with Gasteiger partial charge in [-0.3, -0.25) is 0 Å². The number of terminal acetylenes is 2. The molecule has 1 aliphatic carbocycles. The lowest BCUT2D eigenvalue weighted by molar-refractivity contribution is 0.187. The molecule has 61 heavy (non-hydrogen) atoms. The van der Waals surface area contributed by atoms with Crippen molar-refractivity contribution in [3.8, 4) is 131 Å². The second-order valence-electron chi connectivity index (χ2n) is 11.2. The van der Waals surface area contributed by atoms with Crippen molar-refractivity contribution in [2.75, 3.05) is 23.7 Å². The molecule has 0 unspecified atom stereocenters.